The van der Waals surface area contributed by atoms with Gasteiger partial charge in [-0.15, -0.1) is 0 Å². The molecule has 1 saturated heterocycles. The summed E-state index contributed by atoms with van der Waals surface area (Å²) in [6.45, 7) is 1.04. The molecule has 3 saturated carbocycles. The Kier molecular flexibility index (Phi) is 7.50. The maximum atomic E-state index is 13.0. The van der Waals surface area contributed by atoms with Crippen molar-refractivity contribution in [1.82, 2.24) is 5.32 Å². The molecule has 0 bridgehead atoms. The molecular formula is C29H41NO5. The number of aryl methyl sites for hydroxylation is 1. The molecule has 1 aromatic carbocycles. The predicted molar refractivity (Wildman–Crippen MR) is 133 cm³/mol. The molecule has 0 aromatic heterocycles. The number of phenolic OH excluding ortho intramolecular Hbond substituents is 1. The lowest BCUT2D eigenvalue weighted by Gasteiger charge is -2.51. The van der Waals surface area contributed by atoms with E-state index in [-0.39, 0.29) is 17.5 Å². The molecule has 6 heteroatoms. The third-order valence-electron chi connectivity index (χ3n) is 9.84. The van der Waals surface area contributed by atoms with Gasteiger partial charge in [0.25, 0.3) is 0 Å². The number of hydrogen-bond donors (Lipinski definition) is 3. The summed E-state index contributed by atoms with van der Waals surface area (Å²) < 4.78 is 5.17. The number of fused-ring (bicyclic) bond motifs is 3. The van der Waals surface area contributed by atoms with Crippen LogP contribution < -0.4 is 10.1 Å². The second-order valence-electron chi connectivity index (χ2n) is 11.7. The monoisotopic (exact) mass is 483 g/mol. The van der Waals surface area contributed by atoms with E-state index in [1.807, 2.05) is 6.07 Å². The van der Waals surface area contributed by atoms with E-state index in [0.717, 1.165) is 56.6 Å². The van der Waals surface area contributed by atoms with Gasteiger partial charge in [0.2, 0.25) is 0 Å². The minimum Gasteiger partial charge on any atom is -0.504 e. The number of aromatic hydroxyl groups is 1. The Morgan fingerprint density at radius 1 is 1.06 bits per heavy atom. The fraction of sp³-hybridized carbons (Fsp3) is 0.724. The number of phenols is 1. The fourth-order valence-electron chi connectivity index (χ4n) is 7.93. The molecule has 0 spiro atoms. The molecule has 1 aliphatic heterocycles. The number of aliphatic hydroxyl groups is 1. The van der Waals surface area contributed by atoms with Crippen LogP contribution in [0, 0.1) is 35.5 Å². The first kappa shape index (κ1) is 24.8. The zero-order chi connectivity index (χ0) is 24.5. The number of aliphatic hydroxyl groups excluding tert-OH is 1. The fourth-order valence-corrected chi connectivity index (χ4v) is 7.93. The molecule has 1 heterocycles. The predicted octanol–water partition coefficient (Wildman–Crippen LogP) is 4.05. The molecule has 35 heavy (non-hydrogen) atoms. The Morgan fingerprint density at radius 2 is 1.86 bits per heavy atom. The largest absolute Gasteiger partial charge is 0.504 e. The van der Waals surface area contributed by atoms with E-state index in [2.05, 4.69) is 5.32 Å². The molecule has 192 valence electrons. The summed E-state index contributed by atoms with van der Waals surface area (Å²) in [5.41, 5.74) is 0.957. The molecule has 8 atom stereocenters. The average Bonchev–Trinajstić information content (AvgIpc) is 2.87. The van der Waals surface area contributed by atoms with Crippen molar-refractivity contribution in [1.29, 1.82) is 0 Å². The zero-order valence-electron chi connectivity index (χ0n) is 21.0. The number of methoxy groups -OCH3 is 1. The number of Topliss-reactive ketones (excluding diaryl/α,β-unsaturated/α-hetero) is 2. The van der Waals surface area contributed by atoms with Crippen LogP contribution in [0.15, 0.2) is 18.2 Å². The van der Waals surface area contributed by atoms with Gasteiger partial charge in [0.05, 0.1) is 13.2 Å². The van der Waals surface area contributed by atoms with Gasteiger partial charge < -0.3 is 20.3 Å². The van der Waals surface area contributed by atoms with Gasteiger partial charge >= 0.3 is 0 Å². The van der Waals surface area contributed by atoms with Crippen LogP contribution in [0.1, 0.15) is 69.8 Å². The average molecular weight is 484 g/mol. The lowest BCUT2D eigenvalue weighted by atomic mass is 9.58. The first-order valence-corrected chi connectivity index (χ1v) is 13.7. The number of benzene rings is 1. The highest BCUT2D eigenvalue weighted by molar-refractivity contribution is 5.82. The second-order valence-corrected chi connectivity index (χ2v) is 11.7. The SMILES string of the molecule is COc1cc(CCC(=O)[C@H]2CC[C@@H]([C@@H]3CC[C@@H]4[C@H](CN[C@@H]5CC(=O)CC[C@@H]45)C3)C[C@H]2O)ccc1O. The molecule has 4 fully saturated rings. The van der Waals surface area contributed by atoms with Crippen molar-refractivity contribution in [3.8, 4) is 11.5 Å². The summed E-state index contributed by atoms with van der Waals surface area (Å²) >= 11 is 0. The van der Waals surface area contributed by atoms with Crippen LogP contribution in [0.4, 0.5) is 0 Å². The Hall–Kier alpha value is -1.92. The van der Waals surface area contributed by atoms with Gasteiger partial charge in [0, 0.05) is 31.2 Å². The van der Waals surface area contributed by atoms with Crippen LogP contribution in [0.5, 0.6) is 11.5 Å². The molecular weight excluding hydrogens is 442 g/mol. The summed E-state index contributed by atoms with van der Waals surface area (Å²) in [7, 11) is 1.52. The molecule has 0 unspecified atom stereocenters. The number of ether oxygens (including phenoxy) is 1. The Labute approximate surface area is 208 Å². The highest BCUT2D eigenvalue weighted by Crippen LogP contribution is 2.49. The van der Waals surface area contributed by atoms with Crippen molar-refractivity contribution in [2.45, 2.75) is 82.8 Å². The lowest BCUT2D eigenvalue weighted by Crippen LogP contribution is -2.55. The highest BCUT2D eigenvalue weighted by Gasteiger charge is 2.46. The van der Waals surface area contributed by atoms with Crippen molar-refractivity contribution < 1.29 is 24.5 Å². The summed E-state index contributed by atoms with van der Waals surface area (Å²) in [5.74, 6) is 4.13. The molecule has 3 aliphatic carbocycles. The van der Waals surface area contributed by atoms with E-state index in [9.17, 15) is 19.8 Å². The second kappa shape index (κ2) is 10.6. The molecule has 4 aliphatic rings. The highest BCUT2D eigenvalue weighted by atomic mass is 16.5. The van der Waals surface area contributed by atoms with Crippen molar-refractivity contribution in [2.24, 2.45) is 35.5 Å². The molecule has 5 rings (SSSR count). The van der Waals surface area contributed by atoms with Gasteiger partial charge in [-0.2, -0.15) is 0 Å². The minimum atomic E-state index is -0.536. The van der Waals surface area contributed by atoms with Crippen LogP contribution in [0.3, 0.4) is 0 Å². The smallest absolute Gasteiger partial charge is 0.160 e. The quantitative estimate of drug-likeness (QED) is 0.565. The third kappa shape index (κ3) is 5.29. The summed E-state index contributed by atoms with van der Waals surface area (Å²) in [6, 6.07) is 5.60. The maximum Gasteiger partial charge on any atom is 0.160 e. The van der Waals surface area contributed by atoms with Gasteiger partial charge in [-0.05, 0) is 105 Å². The van der Waals surface area contributed by atoms with Crippen molar-refractivity contribution in [3.05, 3.63) is 23.8 Å². The van der Waals surface area contributed by atoms with Crippen LogP contribution in [0.2, 0.25) is 0 Å². The molecule has 6 nitrogen and oxygen atoms in total. The number of piperidine rings is 1. The third-order valence-corrected chi connectivity index (χ3v) is 9.84. The number of carbonyl (C=O) groups excluding carboxylic acids is 2. The van der Waals surface area contributed by atoms with Crippen LogP contribution in [-0.2, 0) is 16.0 Å². The Bertz CT molecular complexity index is 932. The normalized spacial score (nSPS) is 37.3. The molecule has 0 radical (unpaired) electrons. The van der Waals surface area contributed by atoms with E-state index >= 15 is 0 Å². The Balaban J connectivity index is 1.11. The number of carbonyl (C=O) groups is 2. The number of hydrogen-bond acceptors (Lipinski definition) is 6. The zero-order valence-corrected chi connectivity index (χ0v) is 21.0. The molecule has 1 aromatic rings. The van der Waals surface area contributed by atoms with Crippen molar-refractivity contribution in [2.75, 3.05) is 13.7 Å². The van der Waals surface area contributed by atoms with Gasteiger partial charge in [0.15, 0.2) is 11.5 Å². The van der Waals surface area contributed by atoms with Crippen LogP contribution in [-0.4, -0.2) is 47.6 Å². The van der Waals surface area contributed by atoms with E-state index in [4.69, 9.17) is 4.74 Å². The van der Waals surface area contributed by atoms with Gasteiger partial charge in [0.1, 0.15) is 11.6 Å². The van der Waals surface area contributed by atoms with Gasteiger partial charge in [-0.25, -0.2) is 0 Å². The van der Waals surface area contributed by atoms with E-state index in [1.165, 1.54) is 26.4 Å². The van der Waals surface area contributed by atoms with Crippen molar-refractivity contribution in [3.63, 3.8) is 0 Å². The van der Waals surface area contributed by atoms with E-state index in [1.54, 1.807) is 12.1 Å². The summed E-state index contributed by atoms with van der Waals surface area (Å²) in [5, 5.41) is 24.4. The Morgan fingerprint density at radius 3 is 2.66 bits per heavy atom. The number of rotatable bonds is 6. The molecule has 0 amide bonds. The lowest BCUT2D eigenvalue weighted by molar-refractivity contribution is -0.129. The summed E-state index contributed by atoms with van der Waals surface area (Å²) in [4.78, 5) is 24.8. The van der Waals surface area contributed by atoms with Crippen LogP contribution in [0.25, 0.3) is 0 Å². The standard InChI is InChI=1S/C29H41NO5/c1-35-29-12-17(3-11-27(29)33)2-10-26(32)24-8-5-19(14-28(24)34)18-4-7-22-20(13-18)16-30-25-15-21(31)6-9-23(22)25/h3,11-12,18-20,22-25,28,30,33-34H,2,4-10,13-16H2,1H3/t18-,19-,20+,22-,23+,24-,25-,28-/m1/s1. The first-order chi connectivity index (χ1) is 16.9. The topological polar surface area (TPSA) is 95.9 Å². The van der Waals surface area contributed by atoms with Gasteiger partial charge in [-0.3, -0.25) is 9.59 Å². The maximum absolute atomic E-state index is 13.0. The van der Waals surface area contributed by atoms with E-state index < -0.39 is 6.10 Å². The van der Waals surface area contributed by atoms with E-state index in [0.29, 0.717) is 54.1 Å². The number of nitrogens with one attached hydrogen (secondary N) is 1. The molecule has 3 N–H and O–H groups in total. The van der Waals surface area contributed by atoms with Gasteiger partial charge in [-0.1, -0.05) is 6.07 Å². The summed E-state index contributed by atoms with van der Waals surface area (Å²) in [6.07, 6.45) is 9.31. The number of ketones is 2. The minimum absolute atomic E-state index is 0.100. The van der Waals surface area contributed by atoms with Crippen LogP contribution >= 0.6 is 0 Å². The van der Waals surface area contributed by atoms with Crippen molar-refractivity contribution >= 4 is 11.6 Å². The first-order valence-electron chi connectivity index (χ1n) is 13.7.